The van der Waals surface area contributed by atoms with Crippen LogP contribution in [0.15, 0.2) is 24.5 Å². The van der Waals surface area contributed by atoms with Crippen LogP contribution in [0.1, 0.15) is 17.3 Å². The molecule has 1 amide bonds. The standard InChI is InChI=1S/C21H29N5O4/c1-24-14-22-23-20(24)17-9-26(19(27)10-28-2)13-21(17)11-25(12-21)8-15-5-6-16(29-3)7-18(15)30-4/h5-7,14,17H,8-13H2,1-4H3. The minimum atomic E-state index is -0.0239. The van der Waals surface area contributed by atoms with E-state index in [0.717, 1.165) is 42.5 Å². The van der Waals surface area contributed by atoms with Crippen molar-refractivity contribution in [2.24, 2.45) is 12.5 Å². The van der Waals surface area contributed by atoms with E-state index in [9.17, 15) is 4.79 Å². The Labute approximate surface area is 176 Å². The SMILES string of the molecule is COCC(=O)N1CC(c2nncn2C)C2(CN(Cc3ccc(OC)cc3OC)C2)C1. The van der Waals surface area contributed by atoms with Crippen LogP contribution in [0.5, 0.6) is 11.5 Å². The molecular formula is C21H29N5O4. The van der Waals surface area contributed by atoms with Crippen LogP contribution >= 0.6 is 0 Å². The van der Waals surface area contributed by atoms with Gasteiger partial charge in [-0.15, -0.1) is 10.2 Å². The molecule has 1 aromatic heterocycles. The first-order valence-electron chi connectivity index (χ1n) is 10.0. The average Bonchev–Trinajstić information content (AvgIpc) is 3.31. The lowest BCUT2D eigenvalue weighted by Crippen LogP contribution is -2.59. The fourth-order valence-electron chi connectivity index (χ4n) is 4.84. The zero-order valence-corrected chi connectivity index (χ0v) is 18.0. The highest BCUT2D eigenvalue weighted by Crippen LogP contribution is 2.49. The lowest BCUT2D eigenvalue weighted by Gasteiger charge is -2.50. The molecule has 0 bridgehead atoms. The van der Waals surface area contributed by atoms with Gasteiger partial charge in [0.25, 0.3) is 0 Å². The molecule has 9 heteroatoms. The van der Waals surface area contributed by atoms with E-state index >= 15 is 0 Å². The van der Waals surface area contributed by atoms with Crippen molar-refractivity contribution >= 4 is 5.91 Å². The van der Waals surface area contributed by atoms with E-state index in [-0.39, 0.29) is 23.8 Å². The summed E-state index contributed by atoms with van der Waals surface area (Å²) in [6.45, 7) is 4.02. The Morgan fingerprint density at radius 3 is 2.63 bits per heavy atom. The molecule has 2 aliphatic rings. The van der Waals surface area contributed by atoms with Gasteiger partial charge in [0.1, 0.15) is 30.3 Å². The van der Waals surface area contributed by atoms with Gasteiger partial charge in [-0.25, -0.2) is 0 Å². The molecule has 2 aliphatic heterocycles. The first-order valence-corrected chi connectivity index (χ1v) is 10.0. The van der Waals surface area contributed by atoms with Crippen LogP contribution in [0.25, 0.3) is 0 Å². The summed E-state index contributed by atoms with van der Waals surface area (Å²) in [6, 6.07) is 5.91. The summed E-state index contributed by atoms with van der Waals surface area (Å²) in [4.78, 5) is 16.8. The van der Waals surface area contributed by atoms with Crippen molar-refractivity contribution in [1.29, 1.82) is 0 Å². The number of carbonyl (C=O) groups excluding carboxylic acids is 1. The number of hydrogen-bond acceptors (Lipinski definition) is 7. The molecule has 3 heterocycles. The predicted molar refractivity (Wildman–Crippen MR) is 109 cm³/mol. The first kappa shape index (κ1) is 20.6. The van der Waals surface area contributed by atoms with E-state index in [1.165, 1.54) is 0 Å². The van der Waals surface area contributed by atoms with Crippen LogP contribution in [0.3, 0.4) is 0 Å². The minimum absolute atomic E-state index is 0.0239. The lowest BCUT2D eigenvalue weighted by atomic mass is 9.71. The maximum atomic E-state index is 12.5. The molecule has 2 aromatic rings. The van der Waals surface area contributed by atoms with Crippen LogP contribution in [-0.4, -0.2) is 84.6 Å². The summed E-state index contributed by atoms with van der Waals surface area (Å²) >= 11 is 0. The van der Waals surface area contributed by atoms with Gasteiger partial charge < -0.3 is 23.7 Å². The fraction of sp³-hybridized carbons (Fsp3) is 0.571. The summed E-state index contributed by atoms with van der Waals surface area (Å²) in [5, 5.41) is 8.43. The van der Waals surface area contributed by atoms with E-state index < -0.39 is 0 Å². The van der Waals surface area contributed by atoms with Gasteiger partial charge in [0.05, 0.1) is 14.2 Å². The zero-order chi connectivity index (χ0) is 21.3. The number of ether oxygens (including phenoxy) is 3. The van der Waals surface area contributed by atoms with Crippen molar-refractivity contribution < 1.29 is 19.0 Å². The predicted octanol–water partition coefficient (Wildman–Crippen LogP) is 0.907. The first-order chi connectivity index (χ1) is 14.5. The Bertz CT molecular complexity index is 909. The number of aryl methyl sites for hydroxylation is 1. The highest BCUT2D eigenvalue weighted by Gasteiger charge is 2.56. The van der Waals surface area contributed by atoms with E-state index in [0.29, 0.717) is 13.1 Å². The molecule has 4 rings (SSSR count). The number of likely N-dealkylation sites (tertiary alicyclic amines) is 2. The fourth-order valence-corrected chi connectivity index (χ4v) is 4.84. The lowest BCUT2D eigenvalue weighted by molar-refractivity contribution is -0.135. The normalized spacial score (nSPS) is 20.4. The Kier molecular flexibility index (Phi) is 5.66. The van der Waals surface area contributed by atoms with Gasteiger partial charge in [0, 0.05) is 69.8 Å². The van der Waals surface area contributed by atoms with Crippen molar-refractivity contribution in [3.05, 3.63) is 35.9 Å². The van der Waals surface area contributed by atoms with Gasteiger partial charge in [-0.05, 0) is 6.07 Å². The van der Waals surface area contributed by atoms with Crippen molar-refractivity contribution in [3.8, 4) is 11.5 Å². The van der Waals surface area contributed by atoms with Crippen LogP contribution < -0.4 is 9.47 Å². The van der Waals surface area contributed by atoms with Gasteiger partial charge in [-0.2, -0.15) is 0 Å². The molecule has 2 fully saturated rings. The molecule has 0 aliphatic carbocycles. The highest BCUT2D eigenvalue weighted by molar-refractivity contribution is 5.78. The largest absolute Gasteiger partial charge is 0.497 e. The molecule has 1 aromatic carbocycles. The zero-order valence-electron chi connectivity index (χ0n) is 18.0. The second kappa shape index (κ2) is 8.23. The Morgan fingerprint density at radius 2 is 2.00 bits per heavy atom. The van der Waals surface area contributed by atoms with E-state index in [1.807, 2.05) is 34.7 Å². The van der Waals surface area contributed by atoms with Gasteiger partial charge in [-0.1, -0.05) is 6.07 Å². The molecule has 0 radical (unpaired) electrons. The molecule has 1 spiro atoms. The van der Waals surface area contributed by atoms with Crippen LogP contribution in [0.2, 0.25) is 0 Å². The number of carbonyl (C=O) groups is 1. The number of benzene rings is 1. The van der Waals surface area contributed by atoms with Gasteiger partial charge >= 0.3 is 0 Å². The summed E-state index contributed by atoms with van der Waals surface area (Å²) < 4.78 is 17.9. The van der Waals surface area contributed by atoms with Crippen LogP contribution in [0, 0.1) is 5.41 Å². The second-order valence-corrected chi connectivity index (χ2v) is 8.25. The third-order valence-corrected chi connectivity index (χ3v) is 6.29. The molecule has 30 heavy (non-hydrogen) atoms. The Balaban J connectivity index is 1.51. The van der Waals surface area contributed by atoms with E-state index in [1.54, 1.807) is 27.7 Å². The minimum Gasteiger partial charge on any atom is -0.497 e. The number of hydrogen-bond donors (Lipinski definition) is 0. The van der Waals surface area contributed by atoms with Gasteiger partial charge in [-0.3, -0.25) is 9.69 Å². The Hall–Kier alpha value is -2.65. The smallest absolute Gasteiger partial charge is 0.248 e. The molecule has 162 valence electrons. The van der Waals surface area contributed by atoms with Gasteiger partial charge in [0.2, 0.25) is 5.91 Å². The average molecular weight is 415 g/mol. The third-order valence-electron chi connectivity index (χ3n) is 6.29. The molecule has 1 atom stereocenters. The summed E-state index contributed by atoms with van der Waals surface area (Å²) in [5.74, 6) is 2.71. The number of rotatable bonds is 7. The van der Waals surface area contributed by atoms with E-state index in [4.69, 9.17) is 14.2 Å². The molecule has 9 nitrogen and oxygen atoms in total. The van der Waals surface area contributed by atoms with Crippen molar-refractivity contribution in [1.82, 2.24) is 24.6 Å². The van der Waals surface area contributed by atoms with Gasteiger partial charge in [0.15, 0.2) is 0 Å². The summed E-state index contributed by atoms with van der Waals surface area (Å²) in [7, 11) is 6.84. The number of nitrogens with zero attached hydrogens (tertiary/aromatic N) is 5. The molecule has 1 unspecified atom stereocenters. The van der Waals surface area contributed by atoms with E-state index in [2.05, 4.69) is 15.1 Å². The highest BCUT2D eigenvalue weighted by atomic mass is 16.5. The number of methoxy groups -OCH3 is 3. The molecule has 0 saturated carbocycles. The molecular weight excluding hydrogens is 386 g/mol. The maximum absolute atomic E-state index is 12.5. The molecule has 2 saturated heterocycles. The number of amides is 1. The van der Waals surface area contributed by atoms with Crippen LogP contribution in [0.4, 0.5) is 0 Å². The van der Waals surface area contributed by atoms with Crippen molar-refractivity contribution in [2.45, 2.75) is 12.5 Å². The maximum Gasteiger partial charge on any atom is 0.248 e. The topological polar surface area (TPSA) is 82.0 Å². The second-order valence-electron chi connectivity index (χ2n) is 8.25. The van der Waals surface area contributed by atoms with Crippen LogP contribution in [-0.2, 0) is 23.1 Å². The summed E-state index contributed by atoms with van der Waals surface area (Å²) in [6.07, 6.45) is 1.72. The monoisotopic (exact) mass is 415 g/mol. The third kappa shape index (κ3) is 3.63. The van der Waals surface area contributed by atoms with Crippen molar-refractivity contribution in [2.75, 3.05) is 54.1 Å². The quantitative estimate of drug-likeness (QED) is 0.665. The Morgan fingerprint density at radius 1 is 1.20 bits per heavy atom. The van der Waals surface area contributed by atoms with Crippen molar-refractivity contribution in [3.63, 3.8) is 0 Å². The number of aromatic nitrogens is 3. The molecule has 0 N–H and O–H groups in total. The summed E-state index contributed by atoms with van der Waals surface area (Å²) in [5.41, 5.74) is 1.10.